The summed E-state index contributed by atoms with van der Waals surface area (Å²) >= 11 is 0. The lowest BCUT2D eigenvalue weighted by molar-refractivity contribution is -0.149. The highest BCUT2D eigenvalue weighted by Crippen LogP contribution is 2.27. The second-order valence-electron chi connectivity index (χ2n) is 29.7. The fourth-order valence-electron chi connectivity index (χ4n) is 12.6. The third kappa shape index (κ3) is 32.2. The van der Waals surface area contributed by atoms with Gasteiger partial charge in [0, 0.05) is 110 Å². The zero-order valence-electron chi connectivity index (χ0n) is 69.4. The van der Waals surface area contributed by atoms with E-state index in [1.54, 1.807) is 0 Å². The van der Waals surface area contributed by atoms with Gasteiger partial charge >= 0.3 is 11.9 Å². The van der Waals surface area contributed by atoms with Crippen molar-refractivity contribution < 1.29 is 126 Å². The third-order valence-electron chi connectivity index (χ3n) is 20.0. The van der Waals surface area contributed by atoms with Gasteiger partial charge in [-0.05, 0) is 84.1 Å². The van der Waals surface area contributed by atoms with Crippen LogP contribution in [0.25, 0.3) is 0 Å². The average molecular weight is 1690 g/mol. The average Bonchev–Trinajstić information content (AvgIpc) is 1.68. The number of nitrogens with two attached hydrogens (primary N) is 2. The molecule has 0 aliphatic carbocycles. The van der Waals surface area contributed by atoms with E-state index >= 15 is 0 Å². The Hall–Kier alpha value is -11.8. The maximum atomic E-state index is 14.5. The number of hydrogen-bond donors (Lipinski definition) is 12. The maximum Gasteiger partial charge on any atom is 0.303 e. The van der Waals surface area contributed by atoms with Gasteiger partial charge in [0.1, 0.15) is 54.4 Å². The zero-order chi connectivity index (χ0) is 90.2. The van der Waals surface area contributed by atoms with E-state index in [2.05, 4.69) is 31.9 Å². The van der Waals surface area contributed by atoms with Gasteiger partial charge in [-0.25, -0.2) is 0 Å². The number of carbonyl (C=O) groups excluding carboxylic acids is 20. The van der Waals surface area contributed by atoms with E-state index < -0.39 is 289 Å². The fraction of sp³-hybridized carbons (Fsp3) is 0.694. The molecule has 47 heteroatoms. The van der Waals surface area contributed by atoms with Gasteiger partial charge in [0.2, 0.25) is 118 Å². The summed E-state index contributed by atoms with van der Waals surface area (Å²) in [6.45, 7) is -4.88. The predicted molar refractivity (Wildman–Crippen MR) is 414 cm³/mol. The first-order valence-corrected chi connectivity index (χ1v) is 38.4. The lowest BCUT2D eigenvalue weighted by Crippen LogP contribution is -2.61. The zero-order valence-corrected chi connectivity index (χ0v) is 69.4. The van der Waals surface area contributed by atoms with E-state index in [1.807, 2.05) is 0 Å². The number of aliphatic hydroxyl groups excluding tert-OH is 2. The number of aliphatic hydroxyl groups is 2. The number of carbonyl (C=O) groups is 22. The van der Waals surface area contributed by atoms with E-state index in [9.17, 15) is 126 Å². The molecule has 3 aliphatic heterocycles. The highest BCUT2D eigenvalue weighted by atomic mass is 16.4. The summed E-state index contributed by atoms with van der Waals surface area (Å²) in [6.07, 6.45) is -0.356. The molecule has 0 aromatic heterocycles. The number of likely N-dealkylation sites (tertiary alicyclic amines) is 3. The van der Waals surface area contributed by atoms with Gasteiger partial charge in [0.15, 0.2) is 0 Å². The second-order valence-corrected chi connectivity index (χ2v) is 29.7. The van der Waals surface area contributed by atoms with Gasteiger partial charge in [-0.15, -0.1) is 0 Å². The molecule has 3 aliphatic rings. The van der Waals surface area contributed by atoms with E-state index in [-0.39, 0.29) is 58.2 Å². The molecule has 119 heavy (non-hydrogen) atoms. The summed E-state index contributed by atoms with van der Waals surface area (Å²) in [5, 5.41) is 54.4. The predicted octanol–water partition coefficient (Wildman–Crippen LogP) is -11.2. The largest absolute Gasteiger partial charge is 0.481 e. The fourth-order valence-corrected chi connectivity index (χ4v) is 12.6. The molecule has 3 heterocycles. The molecule has 0 bridgehead atoms. The normalized spacial score (nSPS) is 16.2. The van der Waals surface area contributed by atoms with Crippen molar-refractivity contribution in [2.45, 2.75) is 152 Å². The minimum atomic E-state index is -1.76. The van der Waals surface area contributed by atoms with Crippen molar-refractivity contribution in [3.05, 3.63) is 0 Å². The van der Waals surface area contributed by atoms with Gasteiger partial charge in [-0.2, -0.15) is 0 Å². The number of aliphatic carboxylic acids is 2. The van der Waals surface area contributed by atoms with Crippen LogP contribution in [0, 0.1) is 0 Å². The van der Waals surface area contributed by atoms with Crippen molar-refractivity contribution in [3.63, 3.8) is 0 Å². The molecule has 3 fully saturated rings. The Balaban J connectivity index is 1.57. The Morgan fingerprint density at radius 1 is 0.378 bits per heavy atom. The molecule has 0 unspecified atom stereocenters. The Labute approximate surface area is 687 Å². The monoisotopic (exact) mass is 1690 g/mol. The number of unbranched alkanes of at least 4 members (excludes halogenated alkanes) is 1. The van der Waals surface area contributed by atoms with E-state index in [0.29, 0.717) is 25.8 Å². The van der Waals surface area contributed by atoms with Crippen LogP contribution in [0.15, 0.2) is 0 Å². The molecule has 0 aromatic rings. The molecule has 0 aromatic carbocycles. The van der Waals surface area contributed by atoms with Crippen LogP contribution in [0.1, 0.15) is 97.3 Å². The van der Waals surface area contributed by atoms with Crippen LogP contribution in [-0.4, -0.2) is 444 Å². The lowest BCUT2D eigenvalue weighted by atomic mass is 10.1. The Kier molecular flexibility index (Phi) is 41.6. The number of carboxylic acids is 2. The minimum absolute atomic E-state index is 0.00665. The first kappa shape index (κ1) is 101. The molecule has 0 saturated carbocycles. The molecule has 47 nitrogen and oxygen atoms in total. The standard InChI is InChI=1S/C72H117N21O26/c1-42(64(74)111)75-52(97)30-81(3)53(98)31-82(4)54(99)32-83(5)55(100)33-84(6)56(101)34-85(7)57(102)35-86(8)58(103)36-87(9)59(104)37-88(10)60(105)38-89(11)61(106)39-90(12)69(116)46(23-25-63(109)110)78-65(112)44(22-24-62(107)108)77-67(114)50-20-16-28-92(50)72(119)51-21-17-29-93(51)71(118)48(41-95)80-66(113)47(40-94)79-68(115)49-19-15-27-91(49)70(117)45(76-43(2)96)18-13-14-26-73/h42,44-51,94-95H,13-41,73H2,1-12H3,(H2,74,111)(H,75,97)(H,76,96)(H,77,114)(H,78,112)(H,79,115)(H,80,113)(H,107,108)(H,109,110)/t42-,44-,45-,46-,47-,48-,49-,50-,51-/m0/s1. The van der Waals surface area contributed by atoms with Crippen LogP contribution >= 0.6 is 0 Å². The van der Waals surface area contributed by atoms with E-state index in [4.69, 9.17) is 11.5 Å². The van der Waals surface area contributed by atoms with Crippen LogP contribution in [0.4, 0.5) is 0 Å². The number of primary amides is 1. The molecule has 20 amide bonds. The summed E-state index contributed by atoms with van der Waals surface area (Å²) < 4.78 is 0. The van der Waals surface area contributed by atoms with Crippen molar-refractivity contribution in [3.8, 4) is 0 Å². The van der Waals surface area contributed by atoms with E-state index in [0.717, 1.165) is 65.8 Å². The number of rotatable bonds is 47. The number of hydrogen-bond acceptors (Lipinski definition) is 25. The molecule has 3 saturated heterocycles. The number of amides is 20. The van der Waals surface area contributed by atoms with Crippen molar-refractivity contribution >= 4 is 130 Å². The summed E-state index contributed by atoms with van der Waals surface area (Å²) in [5.41, 5.74) is 10.7. The van der Waals surface area contributed by atoms with Gasteiger partial charge in [-0.1, -0.05) is 0 Å². The molecule has 666 valence electrons. The van der Waals surface area contributed by atoms with Crippen molar-refractivity contribution in [1.82, 2.24) is 95.6 Å². The number of nitrogens with one attached hydrogen (secondary N) is 6. The van der Waals surface area contributed by atoms with Crippen LogP contribution in [0.5, 0.6) is 0 Å². The van der Waals surface area contributed by atoms with Crippen LogP contribution in [-0.2, 0) is 105 Å². The first-order chi connectivity index (χ1) is 55.7. The van der Waals surface area contributed by atoms with Crippen molar-refractivity contribution in [2.75, 3.05) is 175 Å². The van der Waals surface area contributed by atoms with E-state index in [1.165, 1.54) is 82.2 Å². The maximum absolute atomic E-state index is 14.5. The Morgan fingerprint density at radius 2 is 0.697 bits per heavy atom. The van der Waals surface area contributed by atoms with Gasteiger partial charge in [0.25, 0.3) is 0 Å². The van der Waals surface area contributed by atoms with Crippen LogP contribution in [0.3, 0.4) is 0 Å². The molecular weight excluding hydrogens is 1570 g/mol. The topological polar surface area (TPSA) is 623 Å². The lowest BCUT2D eigenvalue weighted by Gasteiger charge is -2.33. The molecule has 3 rings (SSSR count). The SMILES string of the molecule is CC(=O)N[C@@H](CCCCN)C(=O)N1CCC[C@H]1C(=O)N[C@@H](CO)C(=O)N[C@@H](CO)C(=O)N1CCC[C@H]1C(=O)N1CCC[C@H]1C(=O)N[C@@H](CCC(=O)O)C(=O)N[C@@H](CCC(=O)O)C(=O)N(C)CC(=O)N(C)CC(=O)N(C)CC(=O)N(C)CC(=O)N(C)CC(=O)N(C)CC(=O)N(C)CC(=O)N(C)CC(=O)N(C)CC(=O)N(C)CC(=O)N[C@@H](C)C(N)=O. The minimum Gasteiger partial charge on any atom is -0.481 e. The molecule has 0 radical (unpaired) electrons. The Bertz CT molecular complexity index is 3740. The Morgan fingerprint density at radius 3 is 1.07 bits per heavy atom. The second kappa shape index (κ2) is 48.8. The number of nitrogens with zero attached hydrogens (tertiary/aromatic N) is 13. The highest BCUT2D eigenvalue weighted by Gasteiger charge is 2.46. The number of likely N-dealkylation sites (N-methyl/N-ethyl adjacent to an activating group) is 10. The molecule has 9 atom stereocenters. The van der Waals surface area contributed by atoms with Gasteiger partial charge in [0.05, 0.1) is 78.7 Å². The van der Waals surface area contributed by atoms with Crippen molar-refractivity contribution in [2.24, 2.45) is 11.5 Å². The van der Waals surface area contributed by atoms with Crippen LogP contribution in [0.2, 0.25) is 0 Å². The number of carboxylic acid groups (broad SMARTS) is 2. The summed E-state index contributed by atoms with van der Waals surface area (Å²) in [5.74, 6) is -18.9. The quantitative estimate of drug-likeness (QED) is 0.0252. The molecular formula is C72H117N21O26. The van der Waals surface area contributed by atoms with Gasteiger partial charge in [-0.3, -0.25) is 105 Å². The highest BCUT2D eigenvalue weighted by molar-refractivity contribution is 6.01. The summed E-state index contributed by atoms with van der Waals surface area (Å²) in [6, 6.07) is -12.6. The smallest absolute Gasteiger partial charge is 0.303 e. The van der Waals surface area contributed by atoms with Crippen LogP contribution < -0.4 is 43.4 Å². The third-order valence-corrected chi connectivity index (χ3v) is 20.0. The summed E-state index contributed by atoms with van der Waals surface area (Å²) in [4.78, 5) is 302. The van der Waals surface area contributed by atoms with Crippen molar-refractivity contribution in [1.29, 1.82) is 0 Å². The molecule has 14 N–H and O–H groups in total. The molecule has 0 spiro atoms. The van der Waals surface area contributed by atoms with Gasteiger partial charge < -0.3 is 127 Å². The first-order valence-electron chi connectivity index (χ1n) is 38.4. The summed E-state index contributed by atoms with van der Waals surface area (Å²) in [7, 11) is 12.3.